The molecular formula is C14H16N2O. The van der Waals surface area contributed by atoms with Crippen molar-refractivity contribution in [1.82, 2.24) is 0 Å². The number of fused-ring (bicyclic) bond motifs is 1. The first-order valence-electron chi connectivity index (χ1n) is 5.64. The summed E-state index contributed by atoms with van der Waals surface area (Å²) in [5, 5.41) is 9.54. The van der Waals surface area contributed by atoms with Crippen LogP contribution in [0.5, 0.6) is 0 Å². The molecule has 0 unspecified atom stereocenters. The van der Waals surface area contributed by atoms with Crippen LogP contribution in [-0.4, -0.2) is 19.0 Å². The number of nitrogens with one attached hydrogen (secondary N) is 1. The van der Waals surface area contributed by atoms with Crippen molar-refractivity contribution >= 4 is 16.6 Å². The summed E-state index contributed by atoms with van der Waals surface area (Å²) in [7, 11) is 0. The normalized spacial score (nSPS) is 10.6. The third-order valence-electron chi connectivity index (χ3n) is 2.61. The fourth-order valence-electron chi connectivity index (χ4n) is 1.77. The van der Waals surface area contributed by atoms with E-state index in [1.165, 1.54) is 16.3 Å². The lowest BCUT2D eigenvalue weighted by Crippen LogP contribution is -2.18. The van der Waals surface area contributed by atoms with Crippen molar-refractivity contribution in [3.63, 3.8) is 0 Å². The highest BCUT2D eigenvalue weighted by Crippen LogP contribution is 2.15. The van der Waals surface area contributed by atoms with E-state index in [4.69, 9.17) is 15.9 Å². The summed E-state index contributed by atoms with van der Waals surface area (Å²) in [6.07, 6.45) is 0.845. The van der Waals surface area contributed by atoms with E-state index in [1.807, 2.05) is 12.1 Å². The van der Waals surface area contributed by atoms with Crippen LogP contribution in [0.15, 0.2) is 42.5 Å². The molecule has 3 nitrogen and oxygen atoms in total. The predicted molar refractivity (Wildman–Crippen MR) is 70.4 cm³/mol. The van der Waals surface area contributed by atoms with Gasteiger partial charge < -0.3 is 10.5 Å². The molecule has 0 aliphatic carbocycles. The molecule has 17 heavy (non-hydrogen) atoms. The number of benzene rings is 2. The van der Waals surface area contributed by atoms with Gasteiger partial charge in [0.15, 0.2) is 0 Å². The molecular weight excluding hydrogens is 212 g/mol. The summed E-state index contributed by atoms with van der Waals surface area (Å²) >= 11 is 0. The molecule has 0 aromatic heterocycles. The lowest BCUT2D eigenvalue weighted by molar-refractivity contribution is 0.174. The molecule has 0 amide bonds. The van der Waals surface area contributed by atoms with Gasteiger partial charge in [-0.3, -0.25) is 5.41 Å². The fraction of sp³-hybridized carbons (Fsp3) is 0.214. The van der Waals surface area contributed by atoms with Gasteiger partial charge in [0, 0.05) is 0 Å². The van der Waals surface area contributed by atoms with E-state index < -0.39 is 0 Å². The summed E-state index contributed by atoms with van der Waals surface area (Å²) in [5.74, 6) is 0.0727. The second kappa shape index (κ2) is 5.46. The van der Waals surface area contributed by atoms with Crippen LogP contribution in [0.4, 0.5) is 0 Å². The number of hydrogen-bond donors (Lipinski definition) is 2. The van der Waals surface area contributed by atoms with Gasteiger partial charge in [-0.05, 0) is 22.8 Å². The summed E-state index contributed by atoms with van der Waals surface area (Å²) in [6, 6.07) is 14.7. The van der Waals surface area contributed by atoms with Crippen LogP contribution >= 0.6 is 0 Å². The van der Waals surface area contributed by atoms with Gasteiger partial charge >= 0.3 is 0 Å². The van der Waals surface area contributed by atoms with Crippen LogP contribution < -0.4 is 5.73 Å². The van der Waals surface area contributed by atoms with Crippen molar-refractivity contribution in [3.8, 4) is 0 Å². The van der Waals surface area contributed by atoms with Gasteiger partial charge in [-0.15, -0.1) is 0 Å². The Balaban J connectivity index is 1.97. The van der Waals surface area contributed by atoms with Crippen LogP contribution in [0, 0.1) is 5.41 Å². The van der Waals surface area contributed by atoms with E-state index in [2.05, 4.69) is 30.3 Å². The number of rotatable bonds is 5. The number of amidine groups is 1. The highest BCUT2D eigenvalue weighted by Gasteiger charge is 1.97. The standard InChI is InChI=1S/C14H16N2O/c15-14(16)10-17-8-7-11-5-6-12-3-1-2-4-13(12)9-11/h1-6,9H,7-8,10H2,(H3,15,16). The molecule has 0 heterocycles. The van der Waals surface area contributed by atoms with Crippen molar-refractivity contribution in [1.29, 1.82) is 5.41 Å². The summed E-state index contributed by atoms with van der Waals surface area (Å²) in [4.78, 5) is 0. The Kier molecular flexibility index (Phi) is 3.73. The number of nitrogens with two attached hydrogens (primary N) is 1. The molecule has 88 valence electrons. The molecule has 0 spiro atoms. The topological polar surface area (TPSA) is 59.1 Å². The quantitative estimate of drug-likeness (QED) is 0.469. The van der Waals surface area contributed by atoms with Crippen LogP contribution in [-0.2, 0) is 11.2 Å². The van der Waals surface area contributed by atoms with E-state index in [9.17, 15) is 0 Å². The smallest absolute Gasteiger partial charge is 0.117 e. The zero-order chi connectivity index (χ0) is 12.1. The summed E-state index contributed by atoms with van der Waals surface area (Å²) in [5.41, 5.74) is 6.45. The molecule has 0 radical (unpaired) electrons. The van der Waals surface area contributed by atoms with Crippen molar-refractivity contribution in [3.05, 3.63) is 48.0 Å². The lowest BCUT2D eigenvalue weighted by atomic mass is 10.1. The molecule has 2 aromatic carbocycles. The second-order valence-electron chi connectivity index (χ2n) is 4.01. The Bertz CT molecular complexity index is 522. The molecule has 2 rings (SSSR count). The van der Waals surface area contributed by atoms with Crippen molar-refractivity contribution < 1.29 is 4.74 Å². The maximum atomic E-state index is 7.04. The van der Waals surface area contributed by atoms with Gasteiger partial charge in [0.05, 0.1) is 6.61 Å². The molecule has 3 heteroatoms. The largest absolute Gasteiger partial charge is 0.386 e. The van der Waals surface area contributed by atoms with Crippen LogP contribution in [0.1, 0.15) is 5.56 Å². The van der Waals surface area contributed by atoms with Crippen LogP contribution in [0.3, 0.4) is 0 Å². The van der Waals surface area contributed by atoms with Crippen molar-refractivity contribution in [2.45, 2.75) is 6.42 Å². The Hall–Kier alpha value is -1.87. The molecule has 0 fully saturated rings. The minimum absolute atomic E-state index is 0.0727. The Morgan fingerprint density at radius 2 is 1.88 bits per heavy atom. The molecule has 2 aromatic rings. The molecule has 3 N–H and O–H groups in total. The first-order chi connectivity index (χ1) is 8.25. The fourth-order valence-corrected chi connectivity index (χ4v) is 1.77. The van der Waals surface area contributed by atoms with Gasteiger partial charge in [-0.2, -0.15) is 0 Å². The van der Waals surface area contributed by atoms with E-state index >= 15 is 0 Å². The monoisotopic (exact) mass is 228 g/mol. The Labute approximate surface area is 101 Å². The zero-order valence-corrected chi connectivity index (χ0v) is 9.65. The molecule has 0 atom stereocenters. The third kappa shape index (κ3) is 3.29. The maximum absolute atomic E-state index is 7.04. The number of hydrogen-bond acceptors (Lipinski definition) is 2. The SMILES string of the molecule is N=C(N)COCCc1ccc2ccccc2c1. The molecule has 0 aliphatic rings. The maximum Gasteiger partial charge on any atom is 0.117 e. The van der Waals surface area contributed by atoms with E-state index in [-0.39, 0.29) is 12.4 Å². The highest BCUT2D eigenvalue weighted by molar-refractivity contribution is 5.83. The Morgan fingerprint density at radius 3 is 2.65 bits per heavy atom. The van der Waals surface area contributed by atoms with Gasteiger partial charge in [0.2, 0.25) is 0 Å². The molecule has 0 bridgehead atoms. The molecule has 0 aliphatic heterocycles. The summed E-state index contributed by atoms with van der Waals surface area (Å²) < 4.78 is 5.26. The minimum atomic E-state index is 0.0727. The van der Waals surface area contributed by atoms with Gasteiger partial charge in [0.1, 0.15) is 12.4 Å². The molecule has 0 saturated heterocycles. The zero-order valence-electron chi connectivity index (χ0n) is 9.65. The van der Waals surface area contributed by atoms with Crippen molar-refractivity contribution in [2.24, 2.45) is 5.73 Å². The predicted octanol–water partition coefficient (Wildman–Crippen LogP) is 2.33. The average Bonchev–Trinajstić information content (AvgIpc) is 2.34. The van der Waals surface area contributed by atoms with E-state index in [0.717, 1.165) is 6.42 Å². The summed E-state index contributed by atoms with van der Waals surface area (Å²) in [6.45, 7) is 0.811. The average molecular weight is 228 g/mol. The van der Waals surface area contributed by atoms with Gasteiger partial charge in [-0.1, -0.05) is 42.5 Å². The second-order valence-corrected chi connectivity index (χ2v) is 4.01. The van der Waals surface area contributed by atoms with Crippen LogP contribution in [0.25, 0.3) is 10.8 Å². The molecule has 0 saturated carbocycles. The Morgan fingerprint density at radius 1 is 1.12 bits per heavy atom. The van der Waals surface area contributed by atoms with Crippen LogP contribution in [0.2, 0.25) is 0 Å². The minimum Gasteiger partial charge on any atom is -0.386 e. The van der Waals surface area contributed by atoms with Gasteiger partial charge in [-0.25, -0.2) is 0 Å². The highest BCUT2D eigenvalue weighted by atomic mass is 16.5. The van der Waals surface area contributed by atoms with E-state index in [1.54, 1.807) is 0 Å². The lowest BCUT2D eigenvalue weighted by Gasteiger charge is -2.05. The van der Waals surface area contributed by atoms with Crippen molar-refractivity contribution in [2.75, 3.05) is 13.2 Å². The third-order valence-corrected chi connectivity index (χ3v) is 2.61. The number of ether oxygens (including phenoxy) is 1. The van der Waals surface area contributed by atoms with E-state index in [0.29, 0.717) is 6.61 Å². The first-order valence-corrected chi connectivity index (χ1v) is 5.64. The van der Waals surface area contributed by atoms with Gasteiger partial charge in [0.25, 0.3) is 0 Å². The first kappa shape index (κ1) is 11.6.